The van der Waals surface area contributed by atoms with E-state index in [1.54, 1.807) is 0 Å². The second-order valence-electron chi connectivity index (χ2n) is 13.1. The van der Waals surface area contributed by atoms with Gasteiger partial charge in [-0.25, -0.2) is 4.98 Å². The van der Waals surface area contributed by atoms with Crippen molar-refractivity contribution in [1.29, 1.82) is 0 Å². The lowest BCUT2D eigenvalue weighted by atomic mass is 10.0. The normalized spacial score (nSPS) is 11.9. The fourth-order valence-electron chi connectivity index (χ4n) is 8.15. The van der Waals surface area contributed by atoms with Crippen LogP contribution in [0.15, 0.2) is 176 Å². The van der Waals surface area contributed by atoms with Crippen LogP contribution in [0.4, 0.5) is 0 Å². The highest BCUT2D eigenvalue weighted by atomic mass is 32.1. The highest BCUT2D eigenvalue weighted by Crippen LogP contribution is 2.44. The van der Waals surface area contributed by atoms with Gasteiger partial charge < -0.3 is 4.57 Å². The maximum absolute atomic E-state index is 5.21. The summed E-state index contributed by atoms with van der Waals surface area (Å²) >= 11 is 1.88. The molecule has 3 nitrogen and oxygen atoms in total. The van der Waals surface area contributed by atoms with Gasteiger partial charge in [0.25, 0.3) is 0 Å². The summed E-state index contributed by atoms with van der Waals surface area (Å²) < 4.78 is 7.43. The van der Waals surface area contributed by atoms with E-state index < -0.39 is 0 Å². The van der Waals surface area contributed by atoms with Crippen LogP contribution in [0.5, 0.6) is 0 Å². The maximum atomic E-state index is 5.21. The third-order valence-electron chi connectivity index (χ3n) is 10.3. The molecule has 4 heteroatoms. The topological polar surface area (TPSA) is 22.8 Å². The third-order valence-corrected chi connectivity index (χ3v) is 11.5. The van der Waals surface area contributed by atoms with Crippen LogP contribution >= 0.6 is 11.3 Å². The summed E-state index contributed by atoms with van der Waals surface area (Å²) in [4.78, 5) is 5.21. The number of hydrogen-bond donors (Lipinski definition) is 0. The van der Waals surface area contributed by atoms with Crippen molar-refractivity contribution in [1.82, 2.24) is 14.1 Å². The molecule has 0 amide bonds. The van der Waals surface area contributed by atoms with Crippen molar-refractivity contribution in [2.45, 2.75) is 0 Å². The van der Waals surface area contributed by atoms with Gasteiger partial charge in [0.1, 0.15) is 5.82 Å². The molecule has 0 saturated heterocycles. The number of benzene rings is 7. The molecule has 51 heavy (non-hydrogen) atoms. The molecular weight excluding hydrogens is 639 g/mol. The van der Waals surface area contributed by atoms with Gasteiger partial charge in [-0.1, -0.05) is 121 Å². The second-order valence-corrected chi connectivity index (χ2v) is 14.2. The third kappa shape index (κ3) is 4.21. The van der Waals surface area contributed by atoms with E-state index in [1.165, 1.54) is 63.9 Å². The SMILES string of the molecule is c1ccc(-c2cccc(-n3c4ccccc4c4c5c6ccccc6n(-c6cccc(-c7cccc8c7sc7ccccc78)c6)c5ccc43)n2)cc1. The number of hydrogen-bond acceptors (Lipinski definition) is 2. The zero-order valence-corrected chi connectivity index (χ0v) is 28.3. The first kappa shape index (κ1) is 28.4. The van der Waals surface area contributed by atoms with Crippen molar-refractivity contribution in [3.63, 3.8) is 0 Å². The van der Waals surface area contributed by atoms with Crippen molar-refractivity contribution in [2.75, 3.05) is 0 Å². The summed E-state index contributed by atoms with van der Waals surface area (Å²) in [6.07, 6.45) is 0. The first-order valence-corrected chi connectivity index (χ1v) is 18.1. The Hall–Kier alpha value is -6.49. The minimum absolute atomic E-state index is 0.911. The quantitative estimate of drug-likeness (QED) is 0.183. The van der Waals surface area contributed by atoms with Gasteiger partial charge in [-0.3, -0.25) is 4.57 Å². The average Bonchev–Trinajstić information content (AvgIpc) is 3.86. The molecule has 0 aliphatic carbocycles. The standard InChI is InChI=1S/C47H29N3S/c1-2-13-30(14-3-1)38-22-12-26-44(48-38)50-40-24-8-5-19-37(40)46-42(50)28-27-41-45(46)36-18-4-7-23-39(36)49(41)32-16-10-15-31(29-32)33-20-11-21-35-34-17-6-9-25-43(34)51-47(33)35/h1-29H. The molecule has 11 aromatic rings. The predicted octanol–water partition coefficient (Wildman–Crippen LogP) is 13.0. The van der Waals surface area contributed by atoms with Crippen molar-refractivity contribution in [3.05, 3.63) is 176 Å². The highest BCUT2D eigenvalue weighted by molar-refractivity contribution is 7.26. The van der Waals surface area contributed by atoms with Crippen LogP contribution in [0.3, 0.4) is 0 Å². The Kier molecular flexibility index (Phi) is 6.12. The summed E-state index contributed by atoms with van der Waals surface area (Å²) in [5, 5.41) is 7.61. The van der Waals surface area contributed by atoms with E-state index in [0.29, 0.717) is 0 Å². The first-order valence-electron chi connectivity index (χ1n) is 17.3. The van der Waals surface area contributed by atoms with Crippen LogP contribution in [0.1, 0.15) is 0 Å². The Bertz CT molecular complexity index is 3140. The monoisotopic (exact) mass is 667 g/mol. The lowest BCUT2D eigenvalue weighted by molar-refractivity contribution is 1.08. The molecule has 0 unspecified atom stereocenters. The number of aromatic nitrogens is 3. The molecule has 4 aromatic heterocycles. The van der Waals surface area contributed by atoms with Crippen LogP contribution in [-0.4, -0.2) is 14.1 Å². The van der Waals surface area contributed by atoms with Crippen molar-refractivity contribution >= 4 is 75.1 Å². The summed E-state index contributed by atoms with van der Waals surface area (Å²) in [6.45, 7) is 0. The summed E-state index contributed by atoms with van der Waals surface area (Å²) in [5.74, 6) is 0.911. The molecule has 0 radical (unpaired) electrons. The largest absolute Gasteiger partial charge is 0.309 e. The van der Waals surface area contributed by atoms with Gasteiger partial charge in [0, 0.05) is 53.0 Å². The number of nitrogens with zero attached hydrogens (tertiary/aromatic N) is 3. The molecule has 7 aromatic carbocycles. The van der Waals surface area contributed by atoms with E-state index in [2.05, 4.69) is 179 Å². The van der Waals surface area contributed by atoms with Gasteiger partial charge in [-0.05, 0) is 65.7 Å². The van der Waals surface area contributed by atoms with E-state index in [4.69, 9.17) is 4.98 Å². The number of pyridine rings is 1. The van der Waals surface area contributed by atoms with Gasteiger partial charge in [-0.2, -0.15) is 0 Å². The zero-order valence-electron chi connectivity index (χ0n) is 27.5. The number of para-hydroxylation sites is 2. The molecule has 0 atom stereocenters. The maximum Gasteiger partial charge on any atom is 0.138 e. The Labute approximate surface area is 297 Å². The second kappa shape index (κ2) is 11.0. The fourth-order valence-corrected chi connectivity index (χ4v) is 9.39. The van der Waals surface area contributed by atoms with E-state index in [1.807, 2.05) is 17.4 Å². The fraction of sp³-hybridized carbons (Fsp3) is 0. The molecule has 0 saturated carbocycles. The van der Waals surface area contributed by atoms with Gasteiger partial charge >= 0.3 is 0 Å². The van der Waals surface area contributed by atoms with Crippen molar-refractivity contribution in [3.8, 4) is 33.9 Å². The van der Waals surface area contributed by atoms with Crippen molar-refractivity contribution in [2.24, 2.45) is 0 Å². The minimum atomic E-state index is 0.911. The molecule has 0 bridgehead atoms. The van der Waals surface area contributed by atoms with Crippen LogP contribution < -0.4 is 0 Å². The molecule has 4 heterocycles. The molecular formula is C47H29N3S. The van der Waals surface area contributed by atoms with Gasteiger partial charge in [0.05, 0.1) is 27.8 Å². The molecule has 11 rings (SSSR count). The Morgan fingerprint density at radius 2 is 1.02 bits per heavy atom. The Balaban J connectivity index is 1.17. The lowest BCUT2D eigenvalue weighted by Gasteiger charge is -2.11. The minimum Gasteiger partial charge on any atom is -0.309 e. The highest BCUT2D eigenvalue weighted by Gasteiger charge is 2.21. The summed E-state index contributed by atoms with van der Waals surface area (Å²) in [5.41, 5.74) is 10.4. The molecule has 0 spiro atoms. The number of rotatable bonds is 4. The van der Waals surface area contributed by atoms with Crippen LogP contribution in [0.25, 0.3) is 97.7 Å². The summed E-state index contributed by atoms with van der Waals surface area (Å²) in [7, 11) is 0. The lowest BCUT2D eigenvalue weighted by Crippen LogP contribution is -1.98. The first-order chi connectivity index (χ1) is 25.3. The van der Waals surface area contributed by atoms with E-state index in [9.17, 15) is 0 Å². The predicted molar refractivity (Wildman–Crippen MR) is 217 cm³/mol. The van der Waals surface area contributed by atoms with Crippen LogP contribution in [-0.2, 0) is 0 Å². The Morgan fingerprint density at radius 1 is 0.412 bits per heavy atom. The van der Waals surface area contributed by atoms with Crippen molar-refractivity contribution < 1.29 is 0 Å². The van der Waals surface area contributed by atoms with E-state index in [0.717, 1.165) is 33.8 Å². The van der Waals surface area contributed by atoms with E-state index >= 15 is 0 Å². The average molecular weight is 668 g/mol. The Morgan fingerprint density at radius 3 is 1.82 bits per heavy atom. The van der Waals surface area contributed by atoms with Crippen LogP contribution in [0.2, 0.25) is 0 Å². The number of thiophene rings is 1. The molecule has 238 valence electrons. The van der Waals surface area contributed by atoms with Crippen LogP contribution in [0, 0.1) is 0 Å². The zero-order chi connectivity index (χ0) is 33.5. The number of fused-ring (bicyclic) bond motifs is 10. The van der Waals surface area contributed by atoms with Gasteiger partial charge in [0.15, 0.2) is 0 Å². The molecule has 0 aliphatic rings. The van der Waals surface area contributed by atoms with Gasteiger partial charge in [-0.15, -0.1) is 11.3 Å². The molecule has 0 N–H and O–H groups in total. The smallest absolute Gasteiger partial charge is 0.138 e. The summed E-state index contributed by atoms with van der Waals surface area (Å²) in [6, 6.07) is 63.4. The molecule has 0 aliphatic heterocycles. The molecule has 0 fully saturated rings. The van der Waals surface area contributed by atoms with Gasteiger partial charge in [0.2, 0.25) is 0 Å². The van der Waals surface area contributed by atoms with E-state index in [-0.39, 0.29) is 0 Å².